The van der Waals surface area contributed by atoms with Gasteiger partial charge in [0.1, 0.15) is 16.6 Å². The summed E-state index contributed by atoms with van der Waals surface area (Å²) in [4.78, 5) is 2.36. The molecule has 0 unspecified atom stereocenters. The van der Waals surface area contributed by atoms with Crippen LogP contribution in [0.3, 0.4) is 0 Å². The standard InChI is InChI=1S/C8H17N.C7H6ClFO.C3H6/c1-9(2)8-6-4-3-5-7-8;1-4-2-5(9)7(8)6(10)3-4;1-3-2/h8H,3-7H2,1-2H3;2-3,10H,1H3;3H,1H2,2H3. The lowest BCUT2D eigenvalue weighted by atomic mass is 9.95. The van der Waals surface area contributed by atoms with Gasteiger partial charge in [0.2, 0.25) is 0 Å². The molecule has 0 aromatic heterocycles. The molecule has 126 valence electrons. The zero-order valence-electron chi connectivity index (χ0n) is 14.2. The van der Waals surface area contributed by atoms with Crippen molar-refractivity contribution in [2.24, 2.45) is 0 Å². The fraction of sp³-hybridized carbons (Fsp3) is 0.556. The normalized spacial score (nSPS) is 14.5. The maximum Gasteiger partial charge on any atom is 0.145 e. The van der Waals surface area contributed by atoms with Gasteiger partial charge in [-0.1, -0.05) is 36.9 Å². The Hall–Kier alpha value is -1.06. The minimum atomic E-state index is -0.584. The zero-order chi connectivity index (χ0) is 17.1. The average Bonchev–Trinajstić information content (AvgIpc) is 2.47. The van der Waals surface area contributed by atoms with Crippen LogP contribution in [0.5, 0.6) is 5.75 Å². The number of rotatable bonds is 1. The fourth-order valence-corrected chi connectivity index (χ4v) is 2.41. The SMILES string of the molecule is C=CC.CN(C)C1CCCCC1.Cc1cc(O)c(Cl)c(F)c1. The van der Waals surface area contributed by atoms with E-state index in [1.54, 1.807) is 13.0 Å². The maximum absolute atomic E-state index is 12.5. The van der Waals surface area contributed by atoms with Crippen molar-refractivity contribution in [3.63, 3.8) is 0 Å². The summed E-state index contributed by atoms with van der Waals surface area (Å²) in [5.74, 6) is -0.793. The van der Waals surface area contributed by atoms with Crippen molar-refractivity contribution in [2.75, 3.05) is 14.1 Å². The van der Waals surface area contributed by atoms with Crippen LogP contribution in [0.4, 0.5) is 4.39 Å². The summed E-state index contributed by atoms with van der Waals surface area (Å²) in [6, 6.07) is 3.56. The average molecular weight is 330 g/mol. The molecule has 0 spiro atoms. The fourth-order valence-electron chi connectivity index (χ4n) is 2.30. The Balaban J connectivity index is 0.000000342. The van der Waals surface area contributed by atoms with E-state index in [4.69, 9.17) is 16.7 Å². The lowest BCUT2D eigenvalue weighted by Gasteiger charge is -2.27. The van der Waals surface area contributed by atoms with E-state index >= 15 is 0 Å². The lowest BCUT2D eigenvalue weighted by Crippen LogP contribution is -2.29. The van der Waals surface area contributed by atoms with Crippen LogP contribution >= 0.6 is 11.6 Å². The Morgan fingerprint density at radius 3 is 2.14 bits per heavy atom. The summed E-state index contributed by atoms with van der Waals surface area (Å²) >= 11 is 5.32. The number of nitrogens with zero attached hydrogens (tertiary/aromatic N) is 1. The molecule has 1 aromatic rings. The van der Waals surface area contributed by atoms with Crippen molar-refractivity contribution < 1.29 is 9.50 Å². The molecule has 1 aliphatic carbocycles. The molecule has 0 saturated heterocycles. The predicted octanol–water partition coefficient (Wildman–Crippen LogP) is 5.57. The molecule has 1 aliphatic rings. The second-order valence-electron chi connectivity index (χ2n) is 5.74. The van der Waals surface area contributed by atoms with Crippen molar-refractivity contribution in [1.29, 1.82) is 0 Å². The quantitative estimate of drug-likeness (QED) is 0.681. The molecule has 4 heteroatoms. The molecule has 0 radical (unpaired) electrons. The van der Waals surface area contributed by atoms with Crippen molar-refractivity contribution >= 4 is 11.6 Å². The van der Waals surface area contributed by atoms with Crippen LogP contribution < -0.4 is 0 Å². The van der Waals surface area contributed by atoms with Crippen molar-refractivity contribution in [3.8, 4) is 5.75 Å². The van der Waals surface area contributed by atoms with E-state index in [1.165, 1.54) is 44.2 Å². The van der Waals surface area contributed by atoms with Crippen molar-refractivity contribution in [1.82, 2.24) is 4.90 Å². The van der Waals surface area contributed by atoms with Crippen molar-refractivity contribution in [2.45, 2.75) is 52.0 Å². The van der Waals surface area contributed by atoms with Crippen LogP contribution in [-0.4, -0.2) is 30.1 Å². The number of hydrogen-bond acceptors (Lipinski definition) is 2. The van der Waals surface area contributed by atoms with Gasteiger partial charge in [-0.15, -0.1) is 6.58 Å². The summed E-state index contributed by atoms with van der Waals surface area (Å²) in [6.07, 6.45) is 8.95. The first-order chi connectivity index (χ1) is 10.3. The molecular weight excluding hydrogens is 301 g/mol. The van der Waals surface area contributed by atoms with E-state index < -0.39 is 5.82 Å². The van der Waals surface area contributed by atoms with Crippen LogP contribution in [0, 0.1) is 12.7 Å². The second kappa shape index (κ2) is 11.5. The Kier molecular flexibility index (Phi) is 10.9. The summed E-state index contributed by atoms with van der Waals surface area (Å²) < 4.78 is 12.5. The van der Waals surface area contributed by atoms with E-state index in [0.29, 0.717) is 5.56 Å². The van der Waals surface area contributed by atoms with E-state index in [9.17, 15) is 4.39 Å². The van der Waals surface area contributed by atoms with Crippen LogP contribution in [0.1, 0.15) is 44.6 Å². The summed E-state index contributed by atoms with van der Waals surface area (Å²) in [6.45, 7) is 6.93. The summed E-state index contributed by atoms with van der Waals surface area (Å²) in [7, 11) is 4.38. The van der Waals surface area contributed by atoms with Gasteiger partial charge in [-0.05, 0) is 58.5 Å². The molecule has 0 amide bonds. The molecule has 0 heterocycles. The molecule has 0 bridgehead atoms. The molecule has 2 rings (SSSR count). The third-order valence-corrected chi connectivity index (χ3v) is 3.83. The smallest absolute Gasteiger partial charge is 0.145 e. The highest BCUT2D eigenvalue weighted by Gasteiger charge is 2.13. The molecule has 0 atom stereocenters. The minimum Gasteiger partial charge on any atom is -0.506 e. The van der Waals surface area contributed by atoms with E-state index in [1.807, 2.05) is 6.92 Å². The first kappa shape index (κ1) is 20.9. The molecule has 1 fully saturated rings. The van der Waals surface area contributed by atoms with E-state index in [0.717, 1.165) is 6.04 Å². The molecule has 1 aromatic carbocycles. The highest BCUT2D eigenvalue weighted by molar-refractivity contribution is 6.32. The minimum absolute atomic E-state index is 0.209. The van der Waals surface area contributed by atoms with Crippen LogP contribution in [0.15, 0.2) is 24.8 Å². The molecule has 1 N–H and O–H groups in total. The first-order valence-corrected chi connectivity index (χ1v) is 8.09. The van der Waals surface area contributed by atoms with Crippen molar-refractivity contribution in [3.05, 3.63) is 41.2 Å². The first-order valence-electron chi connectivity index (χ1n) is 7.71. The number of aromatic hydroxyl groups is 1. The van der Waals surface area contributed by atoms with Crippen LogP contribution in [-0.2, 0) is 0 Å². The summed E-state index contributed by atoms with van der Waals surface area (Å²) in [5.41, 5.74) is 0.652. The van der Waals surface area contributed by atoms with Gasteiger partial charge in [-0.2, -0.15) is 0 Å². The maximum atomic E-state index is 12.5. The van der Waals surface area contributed by atoms with Gasteiger partial charge >= 0.3 is 0 Å². The van der Waals surface area contributed by atoms with Gasteiger partial charge in [-0.25, -0.2) is 4.39 Å². The van der Waals surface area contributed by atoms with Gasteiger partial charge in [0.25, 0.3) is 0 Å². The van der Waals surface area contributed by atoms with Crippen LogP contribution in [0.25, 0.3) is 0 Å². The number of benzene rings is 1. The van der Waals surface area contributed by atoms with Gasteiger partial charge in [-0.3, -0.25) is 0 Å². The van der Waals surface area contributed by atoms with Gasteiger partial charge < -0.3 is 10.0 Å². The molecule has 22 heavy (non-hydrogen) atoms. The molecular formula is C18H29ClFNO. The third kappa shape index (κ3) is 8.40. The number of allylic oxidation sites excluding steroid dienone is 1. The molecule has 1 saturated carbocycles. The number of phenolic OH excluding ortho intramolecular Hbond substituents is 1. The second-order valence-corrected chi connectivity index (χ2v) is 6.12. The Morgan fingerprint density at radius 1 is 1.27 bits per heavy atom. The Labute approximate surface area is 139 Å². The number of hydrogen-bond donors (Lipinski definition) is 1. The molecule has 2 nitrogen and oxygen atoms in total. The van der Waals surface area contributed by atoms with Gasteiger partial charge in [0.15, 0.2) is 0 Å². The summed E-state index contributed by atoms with van der Waals surface area (Å²) in [5, 5.41) is 8.69. The number of halogens is 2. The highest BCUT2D eigenvalue weighted by atomic mass is 35.5. The Bertz CT molecular complexity index is 420. The third-order valence-electron chi connectivity index (χ3n) is 3.46. The van der Waals surface area contributed by atoms with Gasteiger partial charge in [0, 0.05) is 6.04 Å². The van der Waals surface area contributed by atoms with Gasteiger partial charge in [0.05, 0.1) is 0 Å². The molecule has 0 aliphatic heterocycles. The largest absolute Gasteiger partial charge is 0.506 e. The number of phenols is 1. The predicted molar refractivity (Wildman–Crippen MR) is 94.2 cm³/mol. The Morgan fingerprint density at radius 2 is 1.77 bits per heavy atom. The number of aryl methyl sites for hydroxylation is 1. The van der Waals surface area contributed by atoms with Crippen LogP contribution in [0.2, 0.25) is 5.02 Å². The monoisotopic (exact) mass is 329 g/mol. The van der Waals surface area contributed by atoms with E-state index in [2.05, 4.69) is 25.6 Å². The lowest BCUT2D eigenvalue weighted by molar-refractivity contribution is 0.229. The topological polar surface area (TPSA) is 23.5 Å². The van der Waals surface area contributed by atoms with E-state index in [-0.39, 0.29) is 10.8 Å². The zero-order valence-corrected chi connectivity index (χ0v) is 15.0. The highest BCUT2D eigenvalue weighted by Crippen LogP contribution is 2.26.